The molecule has 2 amide bonds. The van der Waals surface area contributed by atoms with Gasteiger partial charge in [-0.15, -0.1) is 0 Å². The topological polar surface area (TPSA) is 62.8 Å². The van der Waals surface area contributed by atoms with E-state index >= 15 is 0 Å². The predicted molar refractivity (Wildman–Crippen MR) is 92.4 cm³/mol. The van der Waals surface area contributed by atoms with Crippen LogP contribution in [0.2, 0.25) is 0 Å². The maximum Gasteiger partial charge on any atom is 0.314 e. The van der Waals surface area contributed by atoms with Crippen molar-refractivity contribution in [2.45, 2.75) is 12.8 Å². The van der Waals surface area contributed by atoms with Crippen molar-refractivity contribution < 1.29 is 14.3 Å². The molecule has 0 spiro atoms. The van der Waals surface area contributed by atoms with E-state index in [1.807, 2.05) is 18.2 Å². The average Bonchev–Trinajstić information content (AvgIpc) is 2.64. The summed E-state index contributed by atoms with van der Waals surface area (Å²) in [5, 5.41) is 5.89. The number of nitrogens with one attached hydrogen (secondary N) is 2. The minimum Gasteiger partial charge on any atom is -0.493 e. The van der Waals surface area contributed by atoms with E-state index in [4.69, 9.17) is 9.47 Å². The summed E-state index contributed by atoms with van der Waals surface area (Å²) in [5.74, 6) is 1.31. The lowest BCUT2D eigenvalue weighted by molar-refractivity contribution is 0.0375. The second kappa shape index (κ2) is 8.89. The third kappa shape index (κ3) is 5.11. The highest BCUT2D eigenvalue weighted by molar-refractivity contribution is 5.73. The monoisotopic (exact) mass is 333 g/mol. The standard InChI is InChI=1S/C18H27N3O3/c22-18(19-6-3-7-21-8-10-23-11-9-21)20-13-15-12-16-4-1-2-5-17(16)24-14-15/h1-2,4-5,15H,3,6-14H2,(H2,19,20,22). The third-order valence-corrected chi connectivity index (χ3v) is 4.55. The number of benzene rings is 1. The molecule has 0 bridgehead atoms. The van der Waals surface area contributed by atoms with Crippen LogP contribution in [-0.2, 0) is 11.2 Å². The van der Waals surface area contributed by atoms with E-state index < -0.39 is 0 Å². The number of fused-ring (bicyclic) bond motifs is 1. The fourth-order valence-electron chi connectivity index (χ4n) is 3.15. The second-order valence-electron chi connectivity index (χ2n) is 6.43. The quantitative estimate of drug-likeness (QED) is 0.770. The van der Waals surface area contributed by atoms with Gasteiger partial charge in [0.25, 0.3) is 0 Å². The molecule has 2 N–H and O–H groups in total. The first-order chi connectivity index (χ1) is 11.8. The molecule has 1 unspecified atom stereocenters. The number of rotatable bonds is 6. The molecule has 1 atom stereocenters. The van der Waals surface area contributed by atoms with Gasteiger partial charge in [-0.25, -0.2) is 4.79 Å². The fraction of sp³-hybridized carbons (Fsp3) is 0.611. The molecule has 132 valence electrons. The van der Waals surface area contributed by atoms with Gasteiger partial charge in [-0.2, -0.15) is 0 Å². The molecule has 2 heterocycles. The Bertz CT molecular complexity index is 532. The van der Waals surface area contributed by atoms with E-state index in [0.717, 1.165) is 51.4 Å². The Kier molecular flexibility index (Phi) is 6.32. The van der Waals surface area contributed by atoms with Gasteiger partial charge in [-0.1, -0.05) is 18.2 Å². The fourth-order valence-corrected chi connectivity index (χ4v) is 3.15. The van der Waals surface area contributed by atoms with Gasteiger partial charge < -0.3 is 20.1 Å². The van der Waals surface area contributed by atoms with Gasteiger partial charge in [0.2, 0.25) is 0 Å². The maximum atomic E-state index is 11.9. The Hall–Kier alpha value is -1.79. The van der Waals surface area contributed by atoms with Crippen LogP contribution in [0.1, 0.15) is 12.0 Å². The van der Waals surface area contributed by atoms with Gasteiger partial charge in [-0.3, -0.25) is 4.90 Å². The smallest absolute Gasteiger partial charge is 0.314 e. The zero-order valence-electron chi connectivity index (χ0n) is 14.1. The summed E-state index contributed by atoms with van der Waals surface area (Å²) in [6.45, 7) is 6.65. The summed E-state index contributed by atoms with van der Waals surface area (Å²) in [5.41, 5.74) is 1.22. The van der Waals surface area contributed by atoms with Crippen molar-refractivity contribution >= 4 is 6.03 Å². The van der Waals surface area contributed by atoms with E-state index in [-0.39, 0.29) is 6.03 Å². The van der Waals surface area contributed by atoms with Crippen LogP contribution in [0.5, 0.6) is 5.75 Å². The Balaban J connectivity index is 1.27. The van der Waals surface area contributed by atoms with Gasteiger partial charge in [0.15, 0.2) is 0 Å². The summed E-state index contributed by atoms with van der Waals surface area (Å²) >= 11 is 0. The summed E-state index contributed by atoms with van der Waals surface area (Å²) in [7, 11) is 0. The number of para-hydroxylation sites is 1. The van der Waals surface area contributed by atoms with Crippen molar-refractivity contribution in [3.05, 3.63) is 29.8 Å². The minimum atomic E-state index is -0.0872. The molecular weight excluding hydrogens is 306 g/mol. The highest BCUT2D eigenvalue weighted by Crippen LogP contribution is 2.26. The predicted octanol–water partition coefficient (Wildman–Crippen LogP) is 1.26. The summed E-state index contributed by atoms with van der Waals surface area (Å²) in [6.07, 6.45) is 1.92. The Morgan fingerprint density at radius 3 is 2.92 bits per heavy atom. The molecule has 6 nitrogen and oxygen atoms in total. The number of ether oxygens (including phenoxy) is 2. The minimum absolute atomic E-state index is 0.0872. The molecule has 1 aromatic carbocycles. The molecule has 2 aliphatic rings. The molecule has 0 radical (unpaired) electrons. The molecule has 1 fully saturated rings. The zero-order chi connectivity index (χ0) is 16.6. The van der Waals surface area contributed by atoms with Crippen molar-refractivity contribution in [3.63, 3.8) is 0 Å². The summed E-state index contributed by atoms with van der Waals surface area (Å²) in [6, 6.07) is 8.02. The first-order valence-electron chi connectivity index (χ1n) is 8.84. The van der Waals surface area contributed by atoms with Crippen LogP contribution in [0.3, 0.4) is 0 Å². The van der Waals surface area contributed by atoms with Gasteiger partial charge >= 0.3 is 6.03 Å². The third-order valence-electron chi connectivity index (χ3n) is 4.55. The average molecular weight is 333 g/mol. The number of morpholine rings is 1. The normalized spacial score (nSPS) is 20.8. The highest BCUT2D eigenvalue weighted by atomic mass is 16.5. The molecule has 1 aromatic rings. The number of urea groups is 1. The van der Waals surface area contributed by atoms with E-state index in [1.165, 1.54) is 5.56 Å². The van der Waals surface area contributed by atoms with Crippen LogP contribution >= 0.6 is 0 Å². The highest BCUT2D eigenvalue weighted by Gasteiger charge is 2.19. The Morgan fingerprint density at radius 1 is 1.21 bits per heavy atom. The first-order valence-corrected chi connectivity index (χ1v) is 8.84. The molecule has 6 heteroatoms. The van der Waals surface area contributed by atoms with Gasteiger partial charge in [-0.05, 0) is 31.0 Å². The van der Waals surface area contributed by atoms with Gasteiger partial charge in [0, 0.05) is 32.1 Å². The van der Waals surface area contributed by atoms with Crippen LogP contribution in [0, 0.1) is 5.92 Å². The number of amides is 2. The molecule has 2 aliphatic heterocycles. The van der Waals surface area contributed by atoms with E-state index in [2.05, 4.69) is 21.6 Å². The largest absolute Gasteiger partial charge is 0.493 e. The van der Waals surface area contributed by atoms with Crippen LogP contribution in [0.15, 0.2) is 24.3 Å². The molecule has 24 heavy (non-hydrogen) atoms. The molecule has 0 aliphatic carbocycles. The van der Waals surface area contributed by atoms with Crippen molar-refractivity contribution in [1.82, 2.24) is 15.5 Å². The van der Waals surface area contributed by atoms with Crippen molar-refractivity contribution in [2.24, 2.45) is 5.92 Å². The Morgan fingerprint density at radius 2 is 2.04 bits per heavy atom. The number of hydrogen-bond donors (Lipinski definition) is 2. The van der Waals surface area contributed by atoms with E-state index in [0.29, 0.717) is 25.6 Å². The number of carbonyl (C=O) groups excluding carboxylic acids is 1. The zero-order valence-corrected chi connectivity index (χ0v) is 14.1. The van der Waals surface area contributed by atoms with Crippen LogP contribution < -0.4 is 15.4 Å². The van der Waals surface area contributed by atoms with Crippen LogP contribution in [0.4, 0.5) is 4.79 Å². The van der Waals surface area contributed by atoms with E-state index in [1.54, 1.807) is 0 Å². The molecule has 3 rings (SSSR count). The Labute approximate surface area is 143 Å². The number of carbonyl (C=O) groups is 1. The first kappa shape index (κ1) is 17.0. The lowest BCUT2D eigenvalue weighted by Crippen LogP contribution is -2.42. The summed E-state index contributed by atoms with van der Waals surface area (Å²) < 4.78 is 11.1. The van der Waals surface area contributed by atoms with Gasteiger partial charge in [0.1, 0.15) is 5.75 Å². The summed E-state index contributed by atoms with van der Waals surface area (Å²) in [4.78, 5) is 14.3. The molecule has 0 aromatic heterocycles. The molecule has 1 saturated heterocycles. The van der Waals surface area contributed by atoms with E-state index in [9.17, 15) is 4.79 Å². The van der Waals surface area contributed by atoms with Crippen molar-refractivity contribution in [3.8, 4) is 5.75 Å². The molecule has 0 saturated carbocycles. The lowest BCUT2D eigenvalue weighted by Gasteiger charge is -2.26. The number of hydrogen-bond acceptors (Lipinski definition) is 4. The second-order valence-corrected chi connectivity index (χ2v) is 6.43. The van der Waals surface area contributed by atoms with Crippen LogP contribution in [-0.4, -0.2) is 63.5 Å². The van der Waals surface area contributed by atoms with Gasteiger partial charge in [0.05, 0.1) is 19.8 Å². The maximum absolute atomic E-state index is 11.9. The SMILES string of the molecule is O=C(NCCCN1CCOCC1)NCC1COc2ccccc2C1. The lowest BCUT2D eigenvalue weighted by atomic mass is 9.97. The van der Waals surface area contributed by atoms with Crippen molar-refractivity contribution in [2.75, 3.05) is 52.5 Å². The van der Waals surface area contributed by atoms with Crippen LogP contribution in [0.25, 0.3) is 0 Å². The molecular formula is C18H27N3O3. The van der Waals surface area contributed by atoms with Crippen molar-refractivity contribution in [1.29, 1.82) is 0 Å². The number of nitrogens with zero attached hydrogens (tertiary/aromatic N) is 1.